The van der Waals surface area contributed by atoms with Gasteiger partial charge in [-0.3, -0.25) is 4.79 Å². The maximum absolute atomic E-state index is 11.0. The quantitative estimate of drug-likeness (QED) is 0.849. The fourth-order valence-corrected chi connectivity index (χ4v) is 4.57. The zero-order valence-corrected chi connectivity index (χ0v) is 14.5. The molecule has 2 saturated heterocycles. The molecule has 1 aliphatic carbocycles. The minimum Gasteiger partial charge on any atom is -0.481 e. The summed E-state index contributed by atoms with van der Waals surface area (Å²) >= 11 is 0. The maximum Gasteiger partial charge on any atom is 0.303 e. The largest absolute Gasteiger partial charge is 0.481 e. The van der Waals surface area contributed by atoms with E-state index in [0.29, 0.717) is 35.1 Å². The highest BCUT2D eigenvalue weighted by Crippen LogP contribution is 2.54. The van der Waals surface area contributed by atoms with Gasteiger partial charge in [0.15, 0.2) is 5.65 Å². The number of fused-ring (bicyclic) bond motifs is 2. The molecule has 2 aromatic heterocycles. The Balaban J connectivity index is 1.49. The molecule has 2 aromatic rings. The van der Waals surface area contributed by atoms with Crippen LogP contribution in [0.2, 0.25) is 0 Å². The summed E-state index contributed by atoms with van der Waals surface area (Å²) in [4.78, 5) is 23.8. The van der Waals surface area contributed by atoms with E-state index in [0.717, 1.165) is 37.7 Å². The lowest BCUT2D eigenvalue weighted by molar-refractivity contribution is -0.137. The molecular weight excluding hydrogens is 332 g/mol. The molecule has 4 heterocycles. The summed E-state index contributed by atoms with van der Waals surface area (Å²) in [5.74, 6) is 2.38. The van der Waals surface area contributed by atoms with E-state index in [1.54, 1.807) is 10.7 Å². The Labute approximate surface area is 150 Å². The van der Waals surface area contributed by atoms with E-state index < -0.39 is 5.97 Å². The number of anilines is 2. The lowest BCUT2D eigenvalue weighted by Gasteiger charge is -2.40. The SMILES string of the molecule is [C-]#[N+]c1cnn2c(N3C[C@@H]4C(CC(=O)O)[C@@H]4C3)cc(N3CC[C@@H]3C)nc12. The predicted octanol–water partition coefficient (Wildman–Crippen LogP) is 2.04. The first-order valence-electron chi connectivity index (χ1n) is 9.06. The molecule has 0 radical (unpaired) electrons. The number of hydrogen-bond acceptors (Lipinski definition) is 5. The number of carboxylic acid groups (broad SMARTS) is 1. The van der Waals surface area contributed by atoms with E-state index in [1.165, 1.54) is 0 Å². The molecule has 1 unspecified atom stereocenters. The molecule has 0 spiro atoms. The Morgan fingerprint density at radius 3 is 2.77 bits per heavy atom. The third-order valence-electron chi connectivity index (χ3n) is 6.26. The zero-order chi connectivity index (χ0) is 18.0. The minimum absolute atomic E-state index is 0.273. The topological polar surface area (TPSA) is 78.3 Å². The smallest absolute Gasteiger partial charge is 0.303 e. The number of aromatic nitrogens is 3. The number of piperidine rings is 1. The van der Waals surface area contributed by atoms with Crippen LogP contribution in [0.4, 0.5) is 17.3 Å². The van der Waals surface area contributed by atoms with E-state index in [-0.39, 0.29) is 6.42 Å². The molecule has 134 valence electrons. The van der Waals surface area contributed by atoms with Crippen molar-refractivity contribution in [1.82, 2.24) is 14.6 Å². The van der Waals surface area contributed by atoms with E-state index in [1.807, 2.05) is 0 Å². The van der Waals surface area contributed by atoms with Crippen molar-refractivity contribution in [3.8, 4) is 0 Å². The van der Waals surface area contributed by atoms with Gasteiger partial charge in [-0.25, -0.2) is 14.3 Å². The zero-order valence-electron chi connectivity index (χ0n) is 14.5. The Bertz CT molecular complexity index is 935. The van der Waals surface area contributed by atoms with Gasteiger partial charge in [0.2, 0.25) is 5.69 Å². The summed E-state index contributed by atoms with van der Waals surface area (Å²) in [6.07, 6.45) is 3.00. The Kier molecular flexibility index (Phi) is 3.17. The average Bonchev–Trinajstić information content (AvgIpc) is 2.99. The standard InChI is InChI=1S/C18H20N6O2/c1-10-3-4-23(10)15-6-16(24-18(21-15)14(19-2)7-20-24)22-8-12-11(5-17(25)26)13(12)9-22/h6-7,10-13H,3-5,8-9H2,1H3,(H,25,26)/t10-,11?,12-,13+/m0/s1. The summed E-state index contributed by atoms with van der Waals surface area (Å²) in [5, 5.41) is 13.4. The van der Waals surface area contributed by atoms with Crippen LogP contribution in [0.1, 0.15) is 19.8 Å². The highest BCUT2D eigenvalue weighted by atomic mass is 16.4. The highest BCUT2D eigenvalue weighted by molar-refractivity contribution is 5.73. The van der Waals surface area contributed by atoms with Gasteiger partial charge < -0.3 is 14.9 Å². The van der Waals surface area contributed by atoms with Crippen LogP contribution < -0.4 is 9.80 Å². The van der Waals surface area contributed by atoms with Crippen LogP contribution in [-0.2, 0) is 4.79 Å². The number of aliphatic carboxylic acids is 1. The number of rotatable bonds is 4. The van der Waals surface area contributed by atoms with E-state index in [2.05, 4.69) is 32.7 Å². The first-order valence-corrected chi connectivity index (χ1v) is 9.06. The summed E-state index contributed by atoms with van der Waals surface area (Å²) < 4.78 is 1.76. The second kappa shape index (κ2) is 5.34. The van der Waals surface area contributed by atoms with Crippen molar-refractivity contribution >= 4 is 28.9 Å². The molecule has 2 aliphatic heterocycles. The first-order chi connectivity index (χ1) is 12.6. The lowest BCUT2D eigenvalue weighted by Crippen LogP contribution is -2.46. The first kappa shape index (κ1) is 15.4. The molecule has 5 rings (SSSR count). The van der Waals surface area contributed by atoms with Gasteiger partial charge in [-0.2, -0.15) is 5.10 Å². The van der Waals surface area contributed by atoms with Gasteiger partial charge in [-0.15, -0.1) is 0 Å². The van der Waals surface area contributed by atoms with Gasteiger partial charge in [-0.1, -0.05) is 0 Å². The Hall–Kier alpha value is -2.82. The molecule has 3 fully saturated rings. The van der Waals surface area contributed by atoms with Gasteiger partial charge in [-0.05, 0) is 31.1 Å². The second-order valence-corrected chi connectivity index (χ2v) is 7.68. The normalized spacial score (nSPS) is 29.4. The summed E-state index contributed by atoms with van der Waals surface area (Å²) in [5.41, 5.74) is 1.07. The molecule has 3 aliphatic rings. The van der Waals surface area contributed by atoms with Crippen LogP contribution in [0.5, 0.6) is 0 Å². The molecule has 4 atom stereocenters. The van der Waals surface area contributed by atoms with E-state index >= 15 is 0 Å². The van der Waals surface area contributed by atoms with Crippen molar-refractivity contribution < 1.29 is 9.90 Å². The molecule has 26 heavy (non-hydrogen) atoms. The van der Waals surface area contributed by atoms with Crippen LogP contribution in [0.3, 0.4) is 0 Å². The number of carbonyl (C=O) groups is 1. The summed E-state index contributed by atoms with van der Waals surface area (Å²) in [6, 6.07) is 2.53. The van der Waals surface area contributed by atoms with Crippen molar-refractivity contribution in [3.05, 3.63) is 23.7 Å². The third-order valence-corrected chi connectivity index (χ3v) is 6.26. The number of hydrogen-bond donors (Lipinski definition) is 1. The monoisotopic (exact) mass is 352 g/mol. The van der Waals surface area contributed by atoms with Gasteiger partial charge in [0, 0.05) is 38.2 Å². The third kappa shape index (κ3) is 2.16. The fourth-order valence-electron chi connectivity index (χ4n) is 4.57. The van der Waals surface area contributed by atoms with Crippen molar-refractivity contribution in [2.75, 3.05) is 29.4 Å². The lowest BCUT2D eigenvalue weighted by atomic mass is 10.1. The number of carboxylic acids is 1. The van der Waals surface area contributed by atoms with Gasteiger partial charge in [0.05, 0.1) is 12.8 Å². The molecule has 8 nitrogen and oxygen atoms in total. The Morgan fingerprint density at radius 2 is 2.19 bits per heavy atom. The van der Waals surface area contributed by atoms with Crippen LogP contribution in [0, 0.1) is 24.3 Å². The fraction of sp³-hybridized carbons (Fsp3) is 0.556. The van der Waals surface area contributed by atoms with Crippen molar-refractivity contribution in [2.45, 2.75) is 25.8 Å². The molecule has 8 heteroatoms. The van der Waals surface area contributed by atoms with Gasteiger partial charge in [0.1, 0.15) is 11.6 Å². The van der Waals surface area contributed by atoms with Crippen LogP contribution in [-0.4, -0.2) is 51.4 Å². The summed E-state index contributed by atoms with van der Waals surface area (Å²) in [7, 11) is 0. The predicted molar refractivity (Wildman–Crippen MR) is 95.6 cm³/mol. The van der Waals surface area contributed by atoms with Crippen molar-refractivity contribution in [2.24, 2.45) is 17.8 Å². The van der Waals surface area contributed by atoms with Gasteiger partial charge >= 0.3 is 5.97 Å². The van der Waals surface area contributed by atoms with Crippen LogP contribution >= 0.6 is 0 Å². The maximum atomic E-state index is 11.0. The molecule has 1 N–H and O–H groups in total. The highest BCUT2D eigenvalue weighted by Gasteiger charge is 2.56. The van der Waals surface area contributed by atoms with Crippen molar-refractivity contribution in [1.29, 1.82) is 0 Å². The number of nitrogens with zero attached hydrogens (tertiary/aromatic N) is 6. The van der Waals surface area contributed by atoms with E-state index in [9.17, 15) is 4.79 Å². The van der Waals surface area contributed by atoms with Crippen LogP contribution in [0.25, 0.3) is 10.5 Å². The second-order valence-electron chi connectivity index (χ2n) is 7.68. The van der Waals surface area contributed by atoms with Gasteiger partial charge in [0.25, 0.3) is 0 Å². The average molecular weight is 352 g/mol. The molecule has 0 amide bonds. The Morgan fingerprint density at radius 1 is 1.42 bits per heavy atom. The molecular formula is C18H20N6O2. The van der Waals surface area contributed by atoms with Crippen LogP contribution in [0.15, 0.2) is 12.3 Å². The molecule has 0 bridgehead atoms. The molecule has 1 saturated carbocycles. The minimum atomic E-state index is -0.704. The summed E-state index contributed by atoms with van der Waals surface area (Å²) in [6.45, 7) is 12.2. The van der Waals surface area contributed by atoms with Crippen molar-refractivity contribution in [3.63, 3.8) is 0 Å². The molecule has 0 aromatic carbocycles. The van der Waals surface area contributed by atoms with E-state index in [4.69, 9.17) is 16.7 Å².